The Morgan fingerprint density at radius 1 is 1.05 bits per heavy atom. The van der Waals surface area contributed by atoms with Crippen molar-refractivity contribution in [1.82, 2.24) is 0 Å². The normalized spacial score (nSPS) is 14.8. The number of allylic oxidation sites excluding steroid dienone is 2. The van der Waals surface area contributed by atoms with Crippen molar-refractivity contribution in [2.24, 2.45) is 0 Å². The fourth-order valence-corrected chi connectivity index (χ4v) is 7.16. The van der Waals surface area contributed by atoms with Crippen molar-refractivity contribution in [2.45, 2.75) is 24.8 Å². The van der Waals surface area contributed by atoms with Crippen LogP contribution in [0, 0.1) is 0 Å². The number of carboxylic acid groups (broad SMARTS) is 1. The largest absolute Gasteiger partial charge is 0.748 e. The number of fused-ring (bicyclic) bond motifs is 2. The molecule has 200 valence electrons. The third kappa shape index (κ3) is 6.25. The van der Waals surface area contributed by atoms with E-state index < -0.39 is 21.8 Å². The van der Waals surface area contributed by atoms with Crippen molar-refractivity contribution in [3.63, 3.8) is 0 Å². The summed E-state index contributed by atoms with van der Waals surface area (Å²) in [7, 11) is -4.41. The van der Waals surface area contributed by atoms with Gasteiger partial charge in [-0.1, -0.05) is 78.6 Å². The highest BCUT2D eigenvalue weighted by atomic mass is 32.2. The summed E-state index contributed by atoms with van der Waals surface area (Å²) in [6.45, 7) is 1.90. The molecule has 0 atom stereocenters. The van der Waals surface area contributed by atoms with Crippen LogP contribution in [0.1, 0.15) is 18.4 Å². The number of benzene rings is 3. The van der Waals surface area contributed by atoms with Gasteiger partial charge >= 0.3 is 5.97 Å². The van der Waals surface area contributed by atoms with Crippen LogP contribution in [0.5, 0.6) is 0 Å². The Kier molecular flexibility index (Phi) is 7.90. The summed E-state index contributed by atoms with van der Waals surface area (Å²) in [6.07, 6.45) is 4.66. The molecular formula is C29H26N2O5S3. The summed E-state index contributed by atoms with van der Waals surface area (Å²) in [6, 6.07) is 23.7. The smallest absolute Gasteiger partial charge is 0.370 e. The minimum Gasteiger partial charge on any atom is -0.748 e. The summed E-state index contributed by atoms with van der Waals surface area (Å²) >= 11 is 3.05. The van der Waals surface area contributed by atoms with Crippen molar-refractivity contribution < 1.29 is 27.4 Å². The molecule has 2 heterocycles. The average molecular weight is 579 g/mol. The van der Waals surface area contributed by atoms with E-state index in [1.807, 2.05) is 96.8 Å². The predicted molar refractivity (Wildman–Crippen MR) is 156 cm³/mol. The van der Waals surface area contributed by atoms with Crippen molar-refractivity contribution in [3.05, 3.63) is 94.5 Å². The van der Waals surface area contributed by atoms with E-state index in [4.69, 9.17) is 0 Å². The molecule has 4 aromatic rings. The second kappa shape index (κ2) is 11.4. The van der Waals surface area contributed by atoms with Gasteiger partial charge in [0.1, 0.15) is 4.70 Å². The number of nitrogens with zero attached hydrogens (tertiary/aromatic N) is 2. The third-order valence-corrected chi connectivity index (χ3v) is 9.27. The van der Waals surface area contributed by atoms with Crippen LogP contribution < -0.4 is 9.47 Å². The first-order valence-corrected chi connectivity index (χ1v) is 15.6. The standard InChI is InChI=1S/C29H26N2O5S3/c1-2-20(17-28-31(19-29(32)33)23-10-6-7-11-25(23)37-28)16-27-30(14-15-39(34,35)36)24-18-22(12-13-26(24)38-27)21-8-4-3-5-9-21/h3-13,16-18H,2,14-15,19H2,1H3,(H-,32,33,34,35,36). The fourth-order valence-electron chi connectivity index (χ4n) is 4.47. The molecule has 0 spiro atoms. The molecule has 1 aliphatic heterocycles. The summed E-state index contributed by atoms with van der Waals surface area (Å²) in [5.41, 5.74) is 4.71. The molecule has 3 aromatic carbocycles. The van der Waals surface area contributed by atoms with Crippen LogP contribution in [0.15, 0.2) is 94.4 Å². The molecule has 0 saturated carbocycles. The van der Waals surface area contributed by atoms with Crippen LogP contribution in [0.4, 0.5) is 5.69 Å². The zero-order valence-electron chi connectivity index (χ0n) is 21.1. The first-order valence-electron chi connectivity index (χ1n) is 12.4. The van der Waals surface area contributed by atoms with Crippen molar-refractivity contribution in [2.75, 3.05) is 17.2 Å². The van der Waals surface area contributed by atoms with Gasteiger partial charge in [-0.15, -0.1) is 0 Å². The Morgan fingerprint density at radius 3 is 2.51 bits per heavy atom. The lowest BCUT2D eigenvalue weighted by Gasteiger charge is -2.22. The monoisotopic (exact) mass is 578 g/mol. The van der Waals surface area contributed by atoms with Gasteiger partial charge in [-0.3, -0.25) is 0 Å². The number of carbonyl (C=O) groups is 1. The topological polar surface area (TPSA) is 102 Å². The van der Waals surface area contributed by atoms with Gasteiger partial charge in [0, 0.05) is 23.6 Å². The molecule has 0 aliphatic carbocycles. The molecule has 0 bridgehead atoms. The van der Waals surface area contributed by atoms with Crippen LogP contribution in [0.2, 0.25) is 0 Å². The van der Waals surface area contributed by atoms with Gasteiger partial charge in [-0.2, -0.15) is 4.57 Å². The first kappa shape index (κ1) is 27.1. The molecule has 0 saturated heterocycles. The molecule has 0 fully saturated rings. The molecule has 1 aromatic heterocycles. The summed E-state index contributed by atoms with van der Waals surface area (Å²) in [5.74, 6) is -1.43. The maximum absolute atomic E-state index is 11.6. The minimum atomic E-state index is -4.41. The Labute approximate surface area is 235 Å². The van der Waals surface area contributed by atoms with Crippen molar-refractivity contribution >= 4 is 61.2 Å². The van der Waals surface area contributed by atoms with Gasteiger partial charge in [0.2, 0.25) is 12.1 Å². The molecule has 10 heteroatoms. The molecular weight excluding hydrogens is 553 g/mol. The second-order valence-corrected chi connectivity index (χ2v) is 12.7. The molecule has 0 radical (unpaired) electrons. The van der Waals surface area contributed by atoms with Gasteiger partial charge in [-0.05, 0) is 47.4 Å². The molecule has 39 heavy (non-hydrogen) atoms. The van der Waals surface area contributed by atoms with E-state index in [1.54, 1.807) is 4.57 Å². The first-order chi connectivity index (χ1) is 18.7. The van der Waals surface area contributed by atoms with Crippen LogP contribution >= 0.6 is 23.1 Å². The number of thioether (sulfide) groups is 1. The number of hydrogen-bond acceptors (Lipinski definition) is 7. The van der Waals surface area contributed by atoms with E-state index in [2.05, 4.69) is 0 Å². The highest BCUT2D eigenvalue weighted by Crippen LogP contribution is 2.48. The van der Waals surface area contributed by atoms with Gasteiger partial charge in [-0.25, -0.2) is 13.2 Å². The number of rotatable bonds is 9. The zero-order chi connectivity index (χ0) is 27.6. The molecule has 1 aliphatic rings. The molecule has 0 unspecified atom stereocenters. The number of anilines is 1. The van der Waals surface area contributed by atoms with E-state index in [0.29, 0.717) is 6.42 Å². The second-order valence-electron chi connectivity index (χ2n) is 9.01. The van der Waals surface area contributed by atoms with E-state index in [1.165, 1.54) is 23.1 Å². The molecule has 0 amide bonds. The lowest BCUT2D eigenvalue weighted by Crippen LogP contribution is -2.39. The van der Waals surface area contributed by atoms with E-state index in [0.717, 1.165) is 47.5 Å². The fraction of sp³-hybridized carbons (Fsp3) is 0.172. The van der Waals surface area contributed by atoms with Gasteiger partial charge < -0.3 is 14.6 Å². The third-order valence-electron chi connectivity index (χ3n) is 6.36. The molecule has 5 rings (SSSR count). The average Bonchev–Trinajstić information content (AvgIpc) is 3.43. The Hall–Kier alpha value is -3.44. The number of thiazole rings is 1. The van der Waals surface area contributed by atoms with Crippen LogP contribution in [-0.2, 0) is 21.5 Å². The summed E-state index contributed by atoms with van der Waals surface area (Å²) < 4.78 is 37.5. The lowest BCUT2D eigenvalue weighted by molar-refractivity contribution is -0.657. The maximum atomic E-state index is 11.6. The van der Waals surface area contributed by atoms with E-state index in [-0.39, 0.29) is 13.1 Å². The van der Waals surface area contributed by atoms with Gasteiger partial charge in [0.25, 0.3) is 5.01 Å². The van der Waals surface area contributed by atoms with Gasteiger partial charge in [0.15, 0.2) is 0 Å². The Morgan fingerprint density at radius 2 is 1.79 bits per heavy atom. The Bertz CT molecular complexity index is 1710. The number of aromatic nitrogens is 1. The van der Waals surface area contributed by atoms with Gasteiger partial charge in [0.05, 0.1) is 26.6 Å². The number of aliphatic carboxylic acids is 1. The summed E-state index contributed by atoms with van der Waals surface area (Å²) in [5, 5.41) is 11.2. The van der Waals surface area contributed by atoms with Crippen molar-refractivity contribution in [1.29, 1.82) is 0 Å². The number of para-hydroxylation sites is 1. The van der Waals surface area contributed by atoms with Crippen LogP contribution in [-0.4, -0.2) is 36.3 Å². The highest BCUT2D eigenvalue weighted by Gasteiger charge is 2.27. The highest BCUT2D eigenvalue weighted by molar-refractivity contribution is 8.03. The summed E-state index contributed by atoms with van der Waals surface area (Å²) in [4.78, 5) is 14.5. The maximum Gasteiger partial charge on any atom is 0.370 e. The molecule has 1 N–H and O–H groups in total. The SMILES string of the molecule is CCC(=Cc1sc2ccccc2[n+]1CC(=O)O)/C=C1\Sc2ccc(-c3ccccc3)cc2N1CCS(=O)(=O)[O-]. The quantitative estimate of drug-likeness (QED) is 0.200. The molecule has 7 nitrogen and oxygen atoms in total. The van der Waals surface area contributed by atoms with Crippen LogP contribution in [0.25, 0.3) is 27.4 Å². The number of carboxylic acids is 1. The Balaban J connectivity index is 1.56. The minimum absolute atomic E-state index is 0.0365. The van der Waals surface area contributed by atoms with Crippen LogP contribution in [0.3, 0.4) is 0 Å². The lowest BCUT2D eigenvalue weighted by atomic mass is 10.0. The van der Waals surface area contributed by atoms with E-state index >= 15 is 0 Å². The number of hydrogen-bond donors (Lipinski definition) is 1. The van der Waals surface area contributed by atoms with E-state index in [9.17, 15) is 22.9 Å². The van der Waals surface area contributed by atoms with Crippen molar-refractivity contribution in [3.8, 4) is 11.1 Å². The predicted octanol–water partition coefficient (Wildman–Crippen LogP) is 5.73. The zero-order valence-corrected chi connectivity index (χ0v) is 23.6.